The molecule has 0 aromatic heterocycles. The van der Waals surface area contributed by atoms with Crippen LogP contribution in [-0.2, 0) is 0 Å². The quantitative estimate of drug-likeness (QED) is 0.809. The Bertz CT molecular complexity index is 395. The molecule has 1 aromatic rings. The van der Waals surface area contributed by atoms with Gasteiger partial charge in [0.05, 0.1) is 5.69 Å². The first-order valence-corrected chi connectivity index (χ1v) is 7.47. The Balaban J connectivity index is 2.29. The highest BCUT2D eigenvalue weighted by atomic mass is 127. The third kappa shape index (κ3) is 3.06. The zero-order valence-corrected chi connectivity index (χ0v) is 13.1. The number of nitrogens with one attached hydrogen (secondary N) is 1. The van der Waals surface area contributed by atoms with Crippen LogP contribution in [0.2, 0.25) is 5.02 Å². The molecule has 1 fully saturated rings. The van der Waals surface area contributed by atoms with Crippen molar-refractivity contribution in [3.8, 4) is 0 Å². The van der Waals surface area contributed by atoms with E-state index >= 15 is 0 Å². The predicted molar refractivity (Wildman–Crippen MR) is 83.0 cm³/mol. The van der Waals surface area contributed by atoms with Crippen molar-refractivity contribution >= 4 is 39.9 Å². The zero-order chi connectivity index (χ0) is 12.4. The first-order chi connectivity index (χ1) is 8.09. The molecule has 0 spiro atoms. The van der Waals surface area contributed by atoms with Crippen LogP contribution >= 0.6 is 34.2 Å². The summed E-state index contributed by atoms with van der Waals surface area (Å²) in [5.74, 6) is 0.647. The fourth-order valence-electron chi connectivity index (χ4n) is 2.33. The Morgan fingerprint density at radius 3 is 2.88 bits per heavy atom. The van der Waals surface area contributed by atoms with Gasteiger partial charge in [0.1, 0.15) is 0 Å². The van der Waals surface area contributed by atoms with Gasteiger partial charge in [-0.25, -0.2) is 0 Å². The first-order valence-electron chi connectivity index (χ1n) is 6.02. The second-order valence-electron chi connectivity index (χ2n) is 4.80. The van der Waals surface area contributed by atoms with Gasteiger partial charge in [-0.05, 0) is 46.7 Å². The van der Waals surface area contributed by atoms with E-state index in [1.807, 2.05) is 12.1 Å². The fraction of sp³-hybridized carbons (Fsp3) is 0.538. The molecule has 2 rings (SSSR count). The summed E-state index contributed by atoms with van der Waals surface area (Å²) in [5, 5.41) is 4.29. The second-order valence-corrected chi connectivity index (χ2v) is 6.40. The van der Waals surface area contributed by atoms with Crippen molar-refractivity contribution < 1.29 is 0 Å². The van der Waals surface area contributed by atoms with Crippen molar-refractivity contribution in [3.05, 3.63) is 26.8 Å². The molecule has 1 N–H and O–H groups in total. The maximum atomic E-state index is 6.02. The molecule has 1 aromatic carbocycles. The number of benzene rings is 1. The minimum absolute atomic E-state index is 0.568. The molecule has 1 unspecified atom stereocenters. The van der Waals surface area contributed by atoms with Crippen LogP contribution < -0.4 is 10.2 Å². The first kappa shape index (κ1) is 13.4. The van der Waals surface area contributed by atoms with Gasteiger partial charge in [0.2, 0.25) is 0 Å². The topological polar surface area (TPSA) is 15.3 Å². The Kier molecular flexibility index (Phi) is 4.55. The minimum atomic E-state index is 0.568. The molecule has 17 heavy (non-hydrogen) atoms. The molecule has 1 heterocycles. The molecule has 94 valence electrons. The normalized spacial score (nSPS) is 21.0. The number of hydrogen-bond donors (Lipinski definition) is 1. The SMILES string of the molecule is CC(C)C1CNCCN1c1ccc(Cl)cc1I. The van der Waals surface area contributed by atoms with Gasteiger partial charge in [0.15, 0.2) is 0 Å². The van der Waals surface area contributed by atoms with Crippen molar-refractivity contribution in [2.24, 2.45) is 5.92 Å². The molecule has 0 aliphatic carbocycles. The molecule has 1 saturated heterocycles. The van der Waals surface area contributed by atoms with Gasteiger partial charge < -0.3 is 10.2 Å². The number of piperazine rings is 1. The molecule has 4 heteroatoms. The van der Waals surface area contributed by atoms with E-state index in [0.29, 0.717) is 12.0 Å². The molecule has 2 nitrogen and oxygen atoms in total. The van der Waals surface area contributed by atoms with Crippen molar-refractivity contribution in [3.63, 3.8) is 0 Å². The summed E-state index contributed by atoms with van der Waals surface area (Å²) in [5.41, 5.74) is 1.32. The van der Waals surface area contributed by atoms with Crippen molar-refractivity contribution in [2.75, 3.05) is 24.5 Å². The summed E-state index contributed by atoms with van der Waals surface area (Å²) in [6.45, 7) is 7.76. The van der Waals surface area contributed by atoms with E-state index in [2.05, 4.69) is 52.7 Å². The van der Waals surface area contributed by atoms with E-state index in [4.69, 9.17) is 11.6 Å². The third-order valence-corrected chi connectivity index (χ3v) is 4.37. The van der Waals surface area contributed by atoms with Crippen LogP contribution in [0.4, 0.5) is 5.69 Å². The Labute approximate surface area is 122 Å². The van der Waals surface area contributed by atoms with Crippen LogP contribution in [-0.4, -0.2) is 25.7 Å². The largest absolute Gasteiger partial charge is 0.365 e. The van der Waals surface area contributed by atoms with E-state index in [1.165, 1.54) is 9.26 Å². The third-order valence-electron chi connectivity index (χ3n) is 3.27. The number of hydrogen-bond acceptors (Lipinski definition) is 2. The predicted octanol–water partition coefficient (Wildman–Crippen LogP) is 3.38. The standard InChI is InChI=1S/C13H18ClIN2/c1-9(2)13-8-16-5-6-17(13)12-4-3-10(14)7-11(12)15/h3-4,7,9,13,16H,5-6,8H2,1-2H3. The number of anilines is 1. The minimum Gasteiger partial charge on any atom is -0.365 e. The fourth-order valence-corrected chi connectivity index (χ4v) is 3.52. The van der Waals surface area contributed by atoms with Gasteiger partial charge in [-0.3, -0.25) is 0 Å². The van der Waals surface area contributed by atoms with Gasteiger partial charge >= 0.3 is 0 Å². The van der Waals surface area contributed by atoms with E-state index in [1.54, 1.807) is 0 Å². The number of halogens is 2. The summed E-state index contributed by atoms with van der Waals surface area (Å²) in [7, 11) is 0. The van der Waals surface area contributed by atoms with Gasteiger partial charge in [-0.1, -0.05) is 25.4 Å². The highest BCUT2D eigenvalue weighted by Crippen LogP contribution is 2.29. The summed E-state index contributed by atoms with van der Waals surface area (Å²) in [6.07, 6.45) is 0. The lowest BCUT2D eigenvalue weighted by atomic mass is 10.00. The van der Waals surface area contributed by atoms with Gasteiger partial charge in [0, 0.05) is 34.3 Å². The Morgan fingerprint density at radius 1 is 1.47 bits per heavy atom. The molecular weight excluding hydrogens is 347 g/mol. The molecule has 1 aliphatic rings. The average molecular weight is 365 g/mol. The Hall–Kier alpha value is -0.000000000000000111. The highest BCUT2D eigenvalue weighted by Gasteiger charge is 2.26. The monoisotopic (exact) mass is 364 g/mol. The summed E-state index contributed by atoms with van der Waals surface area (Å²) >= 11 is 8.39. The van der Waals surface area contributed by atoms with Crippen LogP contribution in [0, 0.1) is 9.49 Å². The number of nitrogens with zero attached hydrogens (tertiary/aromatic N) is 1. The molecule has 0 amide bonds. The van der Waals surface area contributed by atoms with Crippen molar-refractivity contribution in [1.82, 2.24) is 5.32 Å². The van der Waals surface area contributed by atoms with Crippen LogP contribution in [0.1, 0.15) is 13.8 Å². The molecule has 1 atom stereocenters. The van der Waals surface area contributed by atoms with Gasteiger partial charge in [0.25, 0.3) is 0 Å². The smallest absolute Gasteiger partial charge is 0.0506 e. The molecule has 0 saturated carbocycles. The van der Waals surface area contributed by atoms with Crippen molar-refractivity contribution in [2.45, 2.75) is 19.9 Å². The second kappa shape index (κ2) is 5.76. The lowest BCUT2D eigenvalue weighted by molar-refractivity contribution is 0.390. The van der Waals surface area contributed by atoms with E-state index in [-0.39, 0.29) is 0 Å². The van der Waals surface area contributed by atoms with E-state index in [9.17, 15) is 0 Å². The highest BCUT2D eigenvalue weighted by molar-refractivity contribution is 14.1. The average Bonchev–Trinajstić information content (AvgIpc) is 2.29. The van der Waals surface area contributed by atoms with Crippen LogP contribution in [0.3, 0.4) is 0 Å². The summed E-state index contributed by atoms with van der Waals surface area (Å²) in [4.78, 5) is 2.51. The molecule has 1 aliphatic heterocycles. The summed E-state index contributed by atoms with van der Waals surface area (Å²) in [6, 6.07) is 6.73. The van der Waals surface area contributed by atoms with Crippen LogP contribution in [0.25, 0.3) is 0 Å². The van der Waals surface area contributed by atoms with Crippen LogP contribution in [0.5, 0.6) is 0 Å². The molecular formula is C13H18ClIN2. The Morgan fingerprint density at radius 2 is 2.24 bits per heavy atom. The molecule has 0 radical (unpaired) electrons. The van der Waals surface area contributed by atoms with E-state index in [0.717, 1.165) is 24.7 Å². The maximum absolute atomic E-state index is 6.02. The number of rotatable bonds is 2. The van der Waals surface area contributed by atoms with Crippen molar-refractivity contribution in [1.29, 1.82) is 0 Å². The van der Waals surface area contributed by atoms with Gasteiger partial charge in [-0.2, -0.15) is 0 Å². The van der Waals surface area contributed by atoms with Crippen LogP contribution in [0.15, 0.2) is 18.2 Å². The van der Waals surface area contributed by atoms with E-state index < -0.39 is 0 Å². The zero-order valence-electron chi connectivity index (χ0n) is 10.2. The maximum Gasteiger partial charge on any atom is 0.0506 e. The summed E-state index contributed by atoms with van der Waals surface area (Å²) < 4.78 is 1.24. The van der Waals surface area contributed by atoms with Gasteiger partial charge in [-0.15, -0.1) is 0 Å². The lowest BCUT2D eigenvalue weighted by Gasteiger charge is -2.40. The lowest BCUT2D eigenvalue weighted by Crippen LogP contribution is -2.54. The molecule has 0 bridgehead atoms.